The third-order valence-corrected chi connectivity index (χ3v) is 4.71. The first kappa shape index (κ1) is 22.3. The molecule has 0 aliphatic heterocycles. The van der Waals surface area contributed by atoms with Crippen LogP contribution in [0.5, 0.6) is 5.75 Å². The highest BCUT2D eigenvalue weighted by molar-refractivity contribution is 9.10. The molecule has 0 aliphatic carbocycles. The van der Waals surface area contributed by atoms with Crippen LogP contribution in [0.4, 0.5) is 5.69 Å². The molecule has 0 atom stereocenters. The van der Waals surface area contributed by atoms with Gasteiger partial charge in [-0.15, -0.1) is 0 Å². The lowest BCUT2D eigenvalue weighted by Crippen LogP contribution is -2.21. The topological polar surface area (TPSA) is 92.9 Å². The summed E-state index contributed by atoms with van der Waals surface area (Å²) in [5, 5.41) is 6.95. The molecule has 160 valence electrons. The highest BCUT2D eigenvalue weighted by atomic mass is 79.9. The summed E-state index contributed by atoms with van der Waals surface area (Å²) in [5.74, 6) is 0.383. The van der Waals surface area contributed by atoms with Crippen molar-refractivity contribution in [3.8, 4) is 5.75 Å². The summed E-state index contributed by atoms with van der Waals surface area (Å²) in [5.41, 5.74) is 5.39. The fourth-order valence-corrected chi connectivity index (χ4v) is 3.06. The van der Waals surface area contributed by atoms with E-state index in [-0.39, 0.29) is 24.0 Å². The normalized spacial score (nSPS) is 11.1. The standard InChI is InChI=1S/C23H22BrN3O4/c1-3-30-19-9-7-16(8-10-19)13-22(28)27-26-15(2)17-5-4-6-18(14-17)25-23(29)20-11-12-21(24)31-20/h4-12,14H,3,13H2,1-2H3,(H,25,29)(H,27,28)/b26-15+. The summed E-state index contributed by atoms with van der Waals surface area (Å²) in [6, 6.07) is 17.8. The zero-order chi connectivity index (χ0) is 22.2. The maximum atomic E-state index is 12.2. The van der Waals surface area contributed by atoms with Gasteiger partial charge in [-0.1, -0.05) is 24.3 Å². The summed E-state index contributed by atoms with van der Waals surface area (Å²) in [6.45, 7) is 4.30. The van der Waals surface area contributed by atoms with Crippen LogP contribution in [-0.4, -0.2) is 24.1 Å². The van der Waals surface area contributed by atoms with E-state index < -0.39 is 0 Å². The number of ether oxygens (including phenoxy) is 1. The molecule has 2 aromatic carbocycles. The smallest absolute Gasteiger partial charge is 0.291 e. The van der Waals surface area contributed by atoms with Gasteiger partial charge in [0.1, 0.15) is 5.75 Å². The van der Waals surface area contributed by atoms with E-state index in [9.17, 15) is 9.59 Å². The minimum Gasteiger partial charge on any atom is -0.494 e. The molecular formula is C23H22BrN3O4. The molecule has 1 heterocycles. The number of hydrogen-bond acceptors (Lipinski definition) is 5. The van der Waals surface area contributed by atoms with Crippen LogP contribution < -0.4 is 15.5 Å². The molecule has 0 unspecified atom stereocenters. The summed E-state index contributed by atoms with van der Waals surface area (Å²) >= 11 is 3.17. The molecule has 0 aliphatic rings. The molecule has 0 bridgehead atoms. The molecule has 7 nitrogen and oxygen atoms in total. The van der Waals surface area contributed by atoms with Crippen molar-refractivity contribution < 1.29 is 18.7 Å². The van der Waals surface area contributed by atoms with Crippen LogP contribution in [0.15, 0.2) is 74.9 Å². The van der Waals surface area contributed by atoms with Gasteiger partial charge < -0.3 is 14.5 Å². The van der Waals surface area contributed by atoms with E-state index in [1.807, 2.05) is 37.3 Å². The van der Waals surface area contributed by atoms with Gasteiger partial charge in [0.05, 0.1) is 18.7 Å². The number of hydrogen-bond donors (Lipinski definition) is 2. The Hall–Kier alpha value is -3.39. The molecule has 0 saturated carbocycles. The Labute approximate surface area is 188 Å². The number of carbonyl (C=O) groups is 2. The van der Waals surface area contributed by atoms with Crippen molar-refractivity contribution >= 4 is 39.1 Å². The Morgan fingerprint density at radius 1 is 1.10 bits per heavy atom. The van der Waals surface area contributed by atoms with E-state index in [2.05, 4.69) is 31.8 Å². The molecule has 0 spiro atoms. The third kappa shape index (κ3) is 6.55. The number of amides is 2. The fourth-order valence-electron chi connectivity index (χ4n) is 2.76. The second-order valence-electron chi connectivity index (χ2n) is 6.62. The maximum Gasteiger partial charge on any atom is 0.291 e. The van der Waals surface area contributed by atoms with Crippen LogP contribution >= 0.6 is 15.9 Å². The van der Waals surface area contributed by atoms with Gasteiger partial charge >= 0.3 is 0 Å². The van der Waals surface area contributed by atoms with Crippen LogP contribution in [0, 0.1) is 0 Å². The molecule has 2 amide bonds. The fraction of sp³-hybridized carbons (Fsp3) is 0.174. The average molecular weight is 484 g/mol. The minimum absolute atomic E-state index is 0.198. The lowest BCUT2D eigenvalue weighted by atomic mass is 10.1. The summed E-state index contributed by atoms with van der Waals surface area (Å²) in [4.78, 5) is 24.4. The number of rotatable bonds is 8. The number of anilines is 1. The van der Waals surface area contributed by atoms with Crippen molar-refractivity contribution in [2.24, 2.45) is 5.10 Å². The predicted octanol–water partition coefficient (Wildman–Crippen LogP) is 4.78. The van der Waals surface area contributed by atoms with Crippen molar-refractivity contribution in [1.82, 2.24) is 5.43 Å². The summed E-state index contributed by atoms with van der Waals surface area (Å²) in [6.07, 6.45) is 0.206. The summed E-state index contributed by atoms with van der Waals surface area (Å²) < 4.78 is 11.1. The lowest BCUT2D eigenvalue weighted by Gasteiger charge is -2.07. The number of carbonyl (C=O) groups excluding carboxylic acids is 2. The van der Waals surface area contributed by atoms with Crippen LogP contribution in [0.25, 0.3) is 0 Å². The van der Waals surface area contributed by atoms with Crippen molar-refractivity contribution in [3.05, 3.63) is 82.2 Å². The van der Waals surface area contributed by atoms with E-state index in [4.69, 9.17) is 9.15 Å². The number of furan rings is 1. The molecule has 3 rings (SSSR count). The first-order valence-corrected chi connectivity index (χ1v) is 10.5. The highest BCUT2D eigenvalue weighted by Crippen LogP contribution is 2.17. The minimum atomic E-state index is -0.360. The van der Waals surface area contributed by atoms with E-state index >= 15 is 0 Å². The Morgan fingerprint density at radius 3 is 2.55 bits per heavy atom. The van der Waals surface area contributed by atoms with Crippen molar-refractivity contribution in [3.63, 3.8) is 0 Å². The Balaban J connectivity index is 1.58. The number of nitrogens with zero attached hydrogens (tertiary/aromatic N) is 1. The predicted molar refractivity (Wildman–Crippen MR) is 122 cm³/mol. The van der Waals surface area contributed by atoms with Gasteiger partial charge in [-0.2, -0.15) is 5.10 Å². The molecule has 8 heteroatoms. The highest BCUT2D eigenvalue weighted by Gasteiger charge is 2.11. The van der Waals surface area contributed by atoms with Crippen molar-refractivity contribution in [1.29, 1.82) is 0 Å². The van der Waals surface area contributed by atoms with Crippen LogP contribution in [-0.2, 0) is 11.2 Å². The van der Waals surface area contributed by atoms with Gasteiger partial charge in [0.25, 0.3) is 5.91 Å². The van der Waals surface area contributed by atoms with Gasteiger partial charge in [-0.05, 0) is 77.3 Å². The third-order valence-electron chi connectivity index (χ3n) is 4.28. The van der Waals surface area contributed by atoms with Crippen LogP contribution in [0.2, 0.25) is 0 Å². The molecule has 3 aromatic rings. The largest absolute Gasteiger partial charge is 0.494 e. The van der Waals surface area contributed by atoms with Crippen molar-refractivity contribution in [2.75, 3.05) is 11.9 Å². The molecule has 0 saturated heterocycles. The van der Waals surface area contributed by atoms with E-state index in [0.29, 0.717) is 22.7 Å². The SMILES string of the molecule is CCOc1ccc(CC(=O)N/N=C(\C)c2cccc(NC(=O)c3ccc(Br)o3)c2)cc1. The molecule has 1 aromatic heterocycles. The first-order chi connectivity index (χ1) is 14.9. The second kappa shape index (κ2) is 10.6. The molecular weight excluding hydrogens is 462 g/mol. The van der Waals surface area contributed by atoms with Gasteiger partial charge in [-0.3, -0.25) is 9.59 Å². The van der Waals surface area contributed by atoms with Crippen LogP contribution in [0.3, 0.4) is 0 Å². The number of hydrazone groups is 1. The van der Waals surface area contributed by atoms with Gasteiger partial charge in [0, 0.05) is 5.69 Å². The zero-order valence-electron chi connectivity index (χ0n) is 17.1. The Kier molecular flexibility index (Phi) is 7.61. The average Bonchev–Trinajstić information content (AvgIpc) is 3.20. The molecule has 0 radical (unpaired) electrons. The summed E-state index contributed by atoms with van der Waals surface area (Å²) in [7, 11) is 0. The lowest BCUT2D eigenvalue weighted by molar-refractivity contribution is -0.120. The van der Waals surface area contributed by atoms with E-state index in [1.165, 1.54) is 0 Å². The monoisotopic (exact) mass is 483 g/mol. The van der Waals surface area contributed by atoms with Gasteiger partial charge in [0.15, 0.2) is 10.4 Å². The number of nitrogens with one attached hydrogen (secondary N) is 2. The Morgan fingerprint density at radius 2 is 1.87 bits per heavy atom. The van der Waals surface area contributed by atoms with Gasteiger partial charge in [0.2, 0.25) is 5.91 Å². The maximum absolute atomic E-state index is 12.2. The van der Waals surface area contributed by atoms with Crippen LogP contribution in [0.1, 0.15) is 35.5 Å². The first-order valence-electron chi connectivity index (χ1n) is 9.66. The molecule has 31 heavy (non-hydrogen) atoms. The molecule has 0 fully saturated rings. The number of halogens is 1. The zero-order valence-corrected chi connectivity index (χ0v) is 18.7. The van der Waals surface area contributed by atoms with Crippen molar-refractivity contribution in [2.45, 2.75) is 20.3 Å². The van der Waals surface area contributed by atoms with E-state index in [0.717, 1.165) is 16.9 Å². The second-order valence-corrected chi connectivity index (χ2v) is 7.41. The number of benzene rings is 2. The quantitative estimate of drug-likeness (QED) is 0.356. The Bertz CT molecular complexity index is 1090. The molecule has 2 N–H and O–H groups in total. The van der Waals surface area contributed by atoms with Gasteiger partial charge in [-0.25, -0.2) is 5.43 Å². The van der Waals surface area contributed by atoms with E-state index in [1.54, 1.807) is 37.3 Å².